The van der Waals surface area contributed by atoms with E-state index >= 15 is 0 Å². The number of allylic oxidation sites excluding steroid dienone is 1. The van der Waals surface area contributed by atoms with E-state index in [1.54, 1.807) is 26.8 Å². The summed E-state index contributed by atoms with van der Waals surface area (Å²) in [5.74, 6) is -3.33. The molecule has 110 heavy (non-hydrogen) atoms. The van der Waals surface area contributed by atoms with Crippen molar-refractivity contribution in [3.63, 3.8) is 0 Å². The van der Waals surface area contributed by atoms with Crippen molar-refractivity contribution in [2.75, 3.05) is 119 Å². The number of benzene rings is 4. The second kappa shape index (κ2) is 35.8. The smallest absolute Gasteiger partial charge is 0.475 e. The molecule has 4 aromatic carbocycles. The Morgan fingerprint density at radius 1 is 0.591 bits per heavy atom. The van der Waals surface area contributed by atoms with E-state index in [0.717, 1.165) is 142 Å². The molecule has 6 amide bonds. The van der Waals surface area contributed by atoms with Gasteiger partial charge in [0.2, 0.25) is 11.8 Å². The lowest BCUT2D eigenvalue weighted by Gasteiger charge is -2.43. The van der Waals surface area contributed by atoms with Crippen LogP contribution < -0.4 is 21.8 Å². The van der Waals surface area contributed by atoms with E-state index in [9.17, 15) is 46.7 Å². The normalized spacial score (nSPS) is 18.8. The van der Waals surface area contributed by atoms with E-state index in [4.69, 9.17) is 14.6 Å². The second-order valence-electron chi connectivity index (χ2n) is 30.6. The van der Waals surface area contributed by atoms with Crippen molar-refractivity contribution >= 4 is 79.4 Å². The van der Waals surface area contributed by atoms with Crippen molar-refractivity contribution in [3.05, 3.63) is 164 Å². The number of nitrogens with zero attached hydrogens (tertiary/aromatic N) is 11. The van der Waals surface area contributed by atoms with Crippen LogP contribution in [-0.2, 0) is 43.5 Å². The number of aromatic amines is 3. The molecule has 0 spiro atoms. The number of carboxylic acid groups (broad SMARTS) is 1. The van der Waals surface area contributed by atoms with Gasteiger partial charge in [0.25, 0.3) is 11.1 Å². The fraction of sp³-hybridized carbons (Fsp3) is 0.506. The number of hydrogen-bond donors (Lipinski definition) is 6. The van der Waals surface area contributed by atoms with Crippen LogP contribution in [0.2, 0.25) is 0 Å². The number of fused-ring (bicyclic) bond motifs is 4. The van der Waals surface area contributed by atoms with Gasteiger partial charge in [0.05, 0.1) is 23.1 Å². The van der Waals surface area contributed by atoms with Crippen molar-refractivity contribution in [2.24, 2.45) is 5.92 Å². The average Bonchev–Trinajstić information content (AvgIpc) is 1.55. The highest BCUT2D eigenvalue weighted by Crippen LogP contribution is 2.32. The standard InChI is InChI=1S/C43H56N8O5.C36H46N8O3.C2HF3O2/c1-5-8-29(2)42(54)56-28-51-27-34-24-31(23-30(3)39(34)46-51)25-38(41(53)49-21-19-48(20-22-49)35-13-15-47(4)16-14-35)45-43(55)50-17-11-32(12-18-50)36-26-33-9-6-7-10-37(33)44-40(36)52;1-24-19-25(20-28-23-37-40-33(24)28)21-32(35(46)43-17-15-42(16-18-43)29-9-11-41(2)12-10-29)39-36(47)44-13-7-26(8-14-44)30-22-27-5-3-4-6-31(27)38-34(30)45;3-2(4,5)1(6)7/h5-7,9-10,23-24,26-27,29,32,35,38H,1,8,11-22,25,28H2,2-4H3,(H,44,52)(H,45,55);3-6,19-20,22-23,26,29,32H,7-18,21H2,1-2H3,(H,37,40)(H,38,45)(H,39,47);(H,6,7)/t29?,38-;32-;/m11./s1. The highest BCUT2D eigenvalue weighted by atomic mass is 19.4. The molecule has 8 aromatic rings. The molecule has 4 aromatic heterocycles. The number of pyridine rings is 2. The number of nitrogens with one attached hydrogen (secondary N) is 5. The number of aliphatic carboxylic acids is 1. The Morgan fingerprint density at radius 3 is 1.47 bits per heavy atom. The van der Waals surface area contributed by atoms with Gasteiger partial charge in [0.15, 0.2) is 6.73 Å². The molecular weight excluding hydrogens is 1410 g/mol. The van der Waals surface area contributed by atoms with E-state index in [0.29, 0.717) is 109 Å². The maximum atomic E-state index is 14.4. The number of hydrogen-bond acceptors (Lipinski definition) is 15. The molecule has 0 aliphatic carbocycles. The van der Waals surface area contributed by atoms with Crippen molar-refractivity contribution in [1.29, 1.82) is 0 Å². The van der Waals surface area contributed by atoms with Crippen LogP contribution in [0.4, 0.5) is 22.8 Å². The molecular formula is C81H103F3N16O10. The lowest BCUT2D eigenvalue weighted by atomic mass is 9.89. The summed E-state index contributed by atoms with van der Waals surface area (Å²) < 4.78 is 38.9. The summed E-state index contributed by atoms with van der Waals surface area (Å²) in [6, 6.07) is 26.9. The van der Waals surface area contributed by atoms with E-state index < -0.39 is 24.2 Å². The number of ether oxygens (including phenoxy) is 1. The van der Waals surface area contributed by atoms with E-state index in [-0.39, 0.29) is 65.4 Å². The highest BCUT2D eigenvalue weighted by Gasteiger charge is 2.39. The van der Waals surface area contributed by atoms with Crippen molar-refractivity contribution < 1.29 is 51.8 Å². The van der Waals surface area contributed by atoms with Crippen LogP contribution in [0.1, 0.15) is 110 Å². The summed E-state index contributed by atoms with van der Waals surface area (Å²) in [6.07, 6.45) is 8.88. The molecule has 0 bridgehead atoms. The average molecular weight is 1520 g/mol. The largest absolute Gasteiger partial charge is 0.490 e. The lowest BCUT2D eigenvalue weighted by Crippen LogP contribution is -2.59. The zero-order valence-electron chi connectivity index (χ0n) is 63.5. The SMILES string of the molecule is C=CCC(C)C(=O)OCn1cc2cc(C[C@@H](NC(=O)N3CCC(c4cc5ccccc5[nH]c4=O)CC3)C(=O)N3CCN(C4CCN(C)CC4)CC3)cc(C)c2n1.Cc1cc(C[C@@H](NC(=O)N2CCC(c3cc4ccccc4[nH]c3=O)CC2)C(=O)N2CCN(C3CCN(C)CC3)CC2)cc2cn[nH]c12.O=C(O)C(F)(F)F. The first-order chi connectivity index (χ1) is 52.8. The molecule has 10 heterocycles. The van der Waals surface area contributed by atoms with Crippen LogP contribution in [0.15, 0.2) is 120 Å². The Labute approximate surface area is 637 Å². The number of likely N-dealkylation sites (tertiary alicyclic amines) is 4. The second-order valence-corrected chi connectivity index (χ2v) is 30.6. The van der Waals surface area contributed by atoms with Crippen molar-refractivity contribution in [3.8, 4) is 0 Å². The van der Waals surface area contributed by atoms with Gasteiger partial charge in [-0.3, -0.25) is 38.9 Å². The quantitative estimate of drug-likeness (QED) is 0.0367. The lowest BCUT2D eigenvalue weighted by molar-refractivity contribution is -0.192. The van der Waals surface area contributed by atoms with Gasteiger partial charge in [-0.2, -0.15) is 23.4 Å². The Bertz CT molecular complexity index is 4700. The van der Waals surface area contributed by atoms with Crippen molar-refractivity contribution in [2.45, 2.75) is 140 Å². The predicted molar refractivity (Wildman–Crippen MR) is 415 cm³/mol. The first kappa shape index (κ1) is 79.6. The Balaban J connectivity index is 0.000000191. The summed E-state index contributed by atoms with van der Waals surface area (Å²) >= 11 is 0. The number of rotatable bonds is 17. The third-order valence-electron chi connectivity index (χ3n) is 23.0. The Morgan fingerprint density at radius 2 is 1.03 bits per heavy atom. The third kappa shape index (κ3) is 19.8. The first-order valence-corrected chi connectivity index (χ1v) is 38.6. The van der Waals surface area contributed by atoms with E-state index in [1.807, 2.05) is 110 Å². The van der Waals surface area contributed by atoms with E-state index in [1.165, 1.54) is 12.8 Å². The summed E-state index contributed by atoms with van der Waals surface area (Å²) in [5.41, 5.74) is 8.71. The molecule has 29 heteroatoms. The number of halogens is 3. The number of aryl methyl sites for hydroxylation is 2. The number of aromatic nitrogens is 6. The molecule has 1 unspecified atom stereocenters. The molecule has 3 atom stereocenters. The molecule has 6 aliphatic rings. The highest BCUT2D eigenvalue weighted by molar-refractivity contribution is 5.90. The van der Waals surface area contributed by atoms with Gasteiger partial charge in [0.1, 0.15) is 12.1 Å². The minimum absolute atomic E-state index is 0.00356. The fourth-order valence-corrected chi connectivity index (χ4v) is 16.5. The Kier molecular flexibility index (Phi) is 25.9. The first-order valence-electron chi connectivity index (χ1n) is 38.6. The zero-order chi connectivity index (χ0) is 77.9. The summed E-state index contributed by atoms with van der Waals surface area (Å²) in [4.78, 5) is 127. The number of carboxylic acids is 1. The van der Waals surface area contributed by atoms with Gasteiger partial charge in [-0.25, -0.2) is 19.1 Å². The van der Waals surface area contributed by atoms with E-state index in [2.05, 4.69) is 88.3 Å². The number of H-pyrrole nitrogens is 3. The number of carbonyl (C=O) groups is 6. The van der Waals surface area contributed by atoms with Crippen LogP contribution >= 0.6 is 0 Å². The number of esters is 1. The third-order valence-corrected chi connectivity index (χ3v) is 23.0. The van der Waals surface area contributed by atoms with Crippen LogP contribution in [0.5, 0.6) is 0 Å². The fourth-order valence-electron chi connectivity index (χ4n) is 16.5. The summed E-state index contributed by atoms with van der Waals surface area (Å²) in [6.45, 7) is 21.9. The van der Waals surface area contributed by atoms with Gasteiger partial charge in [-0.05, 0) is 193 Å². The van der Waals surface area contributed by atoms with Gasteiger partial charge < -0.3 is 59.8 Å². The molecule has 6 fully saturated rings. The molecule has 0 saturated carbocycles. The van der Waals surface area contributed by atoms with Crippen LogP contribution in [0.3, 0.4) is 0 Å². The molecule has 14 rings (SSSR count). The molecule has 588 valence electrons. The number of amides is 6. The van der Waals surface area contributed by atoms with Gasteiger partial charge >= 0.3 is 30.2 Å². The maximum absolute atomic E-state index is 14.4. The van der Waals surface area contributed by atoms with Gasteiger partial charge in [-0.1, -0.05) is 61.5 Å². The van der Waals surface area contributed by atoms with Crippen LogP contribution in [0, 0.1) is 19.8 Å². The minimum atomic E-state index is -5.08. The number of piperazine rings is 2. The molecule has 26 nitrogen and oxygen atoms in total. The Hall–Kier alpha value is -9.97. The van der Waals surface area contributed by atoms with Gasteiger partial charge in [-0.15, -0.1) is 6.58 Å². The number of para-hydroxylation sites is 2. The van der Waals surface area contributed by atoms with Crippen LogP contribution in [0.25, 0.3) is 43.6 Å². The maximum Gasteiger partial charge on any atom is 0.490 e. The number of urea groups is 2. The van der Waals surface area contributed by atoms with Crippen molar-refractivity contribution in [1.82, 2.24) is 79.8 Å². The predicted octanol–water partition coefficient (Wildman–Crippen LogP) is 8.72. The topological polar surface area (TPSA) is 294 Å². The van der Waals surface area contributed by atoms with Gasteiger partial charge in [0, 0.05) is 143 Å². The monoisotopic (exact) mass is 1520 g/mol. The zero-order valence-corrected chi connectivity index (χ0v) is 63.5. The number of piperidine rings is 4. The molecule has 0 radical (unpaired) electrons. The summed E-state index contributed by atoms with van der Waals surface area (Å²) in [7, 11) is 4.35. The number of carbonyl (C=O) groups excluding carboxylic acids is 5. The molecule has 6 N–H and O–H groups in total. The molecule has 6 aliphatic heterocycles. The number of alkyl halides is 3. The summed E-state index contributed by atoms with van der Waals surface area (Å²) in [5, 5.41) is 29.2. The minimum Gasteiger partial charge on any atom is -0.475 e. The molecule has 6 saturated heterocycles. The van der Waals surface area contributed by atoms with Crippen LogP contribution in [-0.4, -0.2) is 259 Å².